The zero-order valence-corrected chi connectivity index (χ0v) is 9.57. The Morgan fingerprint density at radius 2 is 2.31 bits per heavy atom. The van der Waals surface area contributed by atoms with Gasteiger partial charge in [0.1, 0.15) is 5.82 Å². The Labute approximate surface area is 95.7 Å². The molecule has 0 spiro atoms. The van der Waals surface area contributed by atoms with Crippen LogP contribution in [-0.2, 0) is 0 Å². The van der Waals surface area contributed by atoms with E-state index in [0.717, 1.165) is 25.2 Å². The Hall–Kier alpha value is -1.29. The van der Waals surface area contributed by atoms with Crippen LogP contribution in [-0.4, -0.2) is 29.8 Å². The molecule has 0 saturated heterocycles. The fraction of sp³-hybridized carbons (Fsp3) is 0.583. The van der Waals surface area contributed by atoms with Crippen LogP contribution >= 0.6 is 0 Å². The van der Waals surface area contributed by atoms with E-state index < -0.39 is 0 Å². The van der Waals surface area contributed by atoms with Gasteiger partial charge in [-0.25, -0.2) is 0 Å². The number of nitrogens with one attached hydrogen (secondary N) is 1. The predicted octanol–water partition coefficient (Wildman–Crippen LogP) is 1.66. The Morgan fingerprint density at radius 1 is 1.50 bits per heavy atom. The summed E-state index contributed by atoms with van der Waals surface area (Å²) in [6, 6.07) is 5.67. The third-order valence-electron chi connectivity index (χ3n) is 2.95. The van der Waals surface area contributed by atoms with Crippen LogP contribution in [0.4, 0.5) is 5.82 Å². The molecule has 16 heavy (non-hydrogen) atoms. The van der Waals surface area contributed by atoms with E-state index in [2.05, 4.69) is 10.3 Å². The van der Waals surface area contributed by atoms with Gasteiger partial charge >= 0.3 is 0 Å². The molecule has 1 saturated carbocycles. The fourth-order valence-electron chi connectivity index (χ4n) is 1.59. The third kappa shape index (κ3) is 2.64. The number of aliphatic hydroxyl groups is 1. The summed E-state index contributed by atoms with van der Waals surface area (Å²) in [4.78, 5) is 4.31. The van der Waals surface area contributed by atoms with Crippen molar-refractivity contribution in [1.82, 2.24) is 4.98 Å². The summed E-state index contributed by atoms with van der Waals surface area (Å²) in [7, 11) is 0. The van der Waals surface area contributed by atoms with Crippen LogP contribution in [0, 0.1) is 5.41 Å². The molecule has 1 fully saturated rings. The molecule has 0 unspecified atom stereocenters. The maximum atomic E-state index is 9.19. The molecular weight excluding hydrogens is 204 g/mol. The quantitative estimate of drug-likeness (QED) is 0.768. The van der Waals surface area contributed by atoms with Crippen molar-refractivity contribution < 1.29 is 9.84 Å². The Morgan fingerprint density at radius 3 is 2.94 bits per heavy atom. The van der Waals surface area contributed by atoms with Gasteiger partial charge in [0.05, 0.1) is 13.2 Å². The summed E-state index contributed by atoms with van der Waals surface area (Å²) in [6.07, 6.45) is 2.20. The molecule has 0 aliphatic heterocycles. The van der Waals surface area contributed by atoms with Crippen LogP contribution in [0.25, 0.3) is 0 Å². The molecule has 0 atom stereocenters. The Balaban J connectivity index is 1.91. The summed E-state index contributed by atoms with van der Waals surface area (Å²) < 4.78 is 5.32. The number of ether oxygens (including phenoxy) is 1. The highest BCUT2D eigenvalue weighted by atomic mass is 16.5. The number of nitrogens with zero attached hydrogens (tertiary/aromatic N) is 1. The summed E-state index contributed by atoms with van der Waals surface area (Å²) in [5, 5.41) is 12.4. The van der Waals surface area contributed by atoms with Gasteiger partial charge < -0.3 is 15.2 Å². The predicted molar refractivity (Wildman–Crippen MR) is 62.6 cm³/mol. The van der Waals surface area contributed by atoms with Gasteiger partial charge in [-0.1, -0.05) is 6.07 Å². The van der Waals surface area contributed by atoms with Crippen molar-refractivity contribution in [3.05, 3.63) is 18.2 Å². The molecule has 2 rings (SSSR count). The first-order valence-corrected chi connectivity index (χ1v) is 5.73. The van der Waals surface area contributed by atoms with Crippen molar-refractivity contribution in [1.29, 1.82) is 0 Å². The highest BCUT2D eigenvalue weighted by molar-refractivity contribution is 5.37. The van der Waals surface area contributed by atoms with E-state index in [9.17, 15) is 5.11 Å². The van der Waals surface area contributed by atoms with Crippen molar-refractivity contribution in [2.75, 3.05) is 25.1 Å². The zero-order valence-electron chi connectivity index (χ0n) is 9.57. The van der Waals surface area contributed by atoms with Crippen molar-refractivity contribution in [3.63, 3.8) is 0 Å². The van der Waals surface area contributed by atoms with Crippen molar-refractivity contribution >= 4 is 5.82 Å². The number of hydrogen-bond donors (Lipinski definition) is 2. The minimum Gasteiger partial charge on any atom is -0.478 e. The molecule has 1 aliphatic carbocycles. The average molecular weight is 222 g/mol. The van der Waals surface area contributed by atoms with Gasteiger partial charge in [0.15, 0.2) is 0 Å². The molecule has 0 radical (unpaired) electrons. The van der Waals surface area contributed by atoms with Crippen LogP contribution in [0.3, 0.4) is 0 Å². The topological polar surface area (TPSA) is 54.4 Å². The van der Waals surface area contributed by atoms with Crippen molar-refractivity contribution in [2.45, 2.75) is 19.8 Å². The van der Waals surface area contributed by atoms with Gasteiger partial charge in [-0.05, 0) is 25.8 Å². The lowest BCUT2D eigenvalue weighted by atomic mass is 10.1. The minimum atomic E-state index is 0.100. The smallest absolute Gasteiger partial charge is 0.215 e. The largest absolute Gasteiger partial charge is 0.478 e. The number of rotatable bonds is 6. The minimum absolute atomic E-state index is 0.100. The van der Waals surface area contributed by atoms with E-state index in [1.807, 2.05) is 25.1 Å². The highest BCUT2D eigenvalue weighted by Gasteiger charge is 2.41. The lowest BCUT2D eigenvalue weighted by Gasteiger charge is -2.13. The first-order valence-electron chi connectivity index (χ1n) is 5.73. The molecule has 0 amide bonds. The number of pyridine rings is 1. The summed E-state index contributed by atoms with van der Waals surface area (Å²) >= 11 is 0. The van der Waals surface area contributed by atoms with E-state index in [1.165, 1.54) is 0 Å². The van der Waals surface area contributed by atoms with Gasteiger partial charge in [0.2, 0.25) is 5.88 Å². The first-order chi connectivity index (χ1) is 7.78. The molecule has 4 heteroatoms. The SMILES string of the molecule is CCOc1cccc(NCC2(CO)CC2)n1. The highest BCUT2D eigenvalue weighted by Crippen LogP contribution is 2.44. The van der Waals surface area contributed by atoms with E-state index in [1.54, 1.807) is 0 Å². The second-order valence-electron chi connectivity index (χ2n) is 4.31. The van der Waals surface area contributed by atoms with E-state index in [-0.39, 0.29) is 12.0 Å². The van der Waals surface area contributed by atoms with Gasteiger partial charge in [-0.3, -0.25) is 0 Å². The molecule has 0 aromatic carbocycles. The van der Waals surface area contributed by atoms with Crippen LogP contribution in [0.15, 0.2) is 18.2 Å². The maximum Gasteiger partial charge on any atom is 0.215 e. The zero-order chi connectivity index (χ0) is 11.4. The fourth-order valence-corrected chi connectivity index (χ4v) is 1.59. The van der Waals surface area contributed by atoms with Crippen LogP contribution < -0.4 is 10.1 Å². The molecule has 1 aromatic rings. The lowest BCUT2D eigenvalue weighted by molar-refractivity contribution is 0.219. The Kier molecular flexibility index (Phi) is 3.29. The van der Waals surface area contributed by atoms with Crippen molar-refractivity contribution in [3.8, 4) is 5.88 Å². The summed E-state index contributed by atoms with van der Waals surface area (Å²) in [6.45, 7) is 3.60. The van der Waals surface area contributed by atoms with E-state index >= 15 is 0 Å². The molecule has 1 heterocycles. The second-order valence-corrected chi connectivity index (χ2v) is 4.31. The summed E-state index contributed by atoms with van der Waals surface area (Å²) in [5.74, 6) is 1.45. The van der Waals surface area contributed by atoms with Gasteiger partial charge in [0, 0.05) is 18.0 Å². The van der Waals surface area contributed by atoms with Crippen LogP contribution in [0.1, 0.15) is 19.8 Å². The van der Waals surface area contributed by atoms with E-state index in [0.29, 0.717) is 12.5 Å². The van der Waals surface area contributed by atoms with Crippen molar-refractivity contribution in [2.24, 2.45) is 5.41 Å². The van der Waals surface area contributed by atoms with E-state index in [4.69, 9.17) is 4.74 Å². The molecule has 2 N–H and O–H groups in total. The van der Waals surface area contributed by atoms with Gasteiger partial charge in [-0.2, -0.15) is 4.98 Å². The normalized spacial score (nSPS) is 16.9. The molecule has 1 aliphatic rings. The number of hydrogen-bond acceptors (Lipinski definition) is 4. The number of aromatic nitrogens is 1. The average Bonchev–Trinajstić information content (AvgIpc) is 3.08. The lowest BCUT2D eigenvalue weighted by Crippen LogP contribution is -2.19. The Bertz CT molecular complexity index is 351. The van der Waals surface area contributed by atoms with Crippen LogP contribution in [0.2, 0.25) is 0 Å². The van der Waals surface area contributed by atoms with Gasteiger partial charge in [-0.15, -0.1) is 0 Å². The third-order valence-corrected chi connectivity index (χ3v) is 2.95. The second kappa shape index (κ2) is 4.70. The van der Waals surface area contributed by atoms with Gasteiger partial charge in [0.25, 0.3) is 0 Å². The standard InChI is InChI=1S/C12H18N2O2/c1-2-16-11-5-3-4-10(14-11)13-8-12(9-15)6-7-12/h3-5,15H,2,6-9H2,1H3,(H,13,14). The molecule has 1 aromatic heterocycles. The van der Waals surface area contributed by atoms with Crippen LogP contribution in [0.5, 0.6) is 5.88 Å². The summed E-state index contributed by atoms with van der Waals surface area (Å²) in [5.41, 5.74) is 0.100. The molecule has 88 valence electrons. The number of anilines is 1. The molecular formula is C12H18N2O2. The maximum absolute atomic E-state index is 9.19. The first kappa shape index (κ1) is 11.2. The number of aliphatic hydroxyl groups excluding tert-OH is 1. The molecule has 0 bridgehead atoms. The molecule has 4 nitrogen and oxygen atoms in total. The monoisotopic (exact) mass is 222 g/mol.